The Morgan fingerprint density at radius 3 is 2.46 bits per heavy atom. The molecule has 2 aromatic rings. The second-order valence-corrected chi connectivity index (χ2v) is 6.95. The average molecular weight is 327 g/mol. The predicted octanol–water partition coefficient (Wildman–Crippen LogP) is 3.02. The highest BCUT2D eigenvalue weighted by Gasteiger charge is 2.26. The molecule has 3 unspecified atom stereocenters. The van der Waals surface area contributed by atoms with Gasteiger partial charge in [0, 0.05) is 13.1 Å². The first kappa shape index (κ1) is 16.5. The topological polar surface area (TPSA) is 63.1 Å². The largest absolute Gasteiger partial charge is 0.331 e. The van der Waals surface area contributed by atoms with Crippen molar-refractivity contribution in [2.24, 2.45) is 11.8 Å². The van der Waals surface area contributed by atoms with Crippen molar-refractivity contribution in [3.63, 3.8) is 0 Å². The molecular weight excluding hydrogens is 302 g/mol. The van der Waals surface area contributed by atoms with E-state index in [-0.39, 0.29) is 12.1 Å². The van der Waals surface area contributed by atoms with Gasteiger partial charge in [-0.3, -0.25) is 0 Å². The fourth-order valence-electron chi connectivity index (χ4n) is 3.45. The van der Waals surface area contributed by atoms with Gasteiger partial charge in [-0.15, -0.1) is 0 Å². The van der Waals surface area contributed by atoms with Crippen LogP contribution in [0.25, 0.3) is 5.69 Å². The summed E-state index contributed by atoms with van der Waals surface area (Å²) in [5, 5.41) is 7.23. The number of carbonyl (C=O) groups excluding carboxylic acids is 1. The third-order valence-corrected chi connectivity index (χ3v) is 4.57. The Bertz CT molecular complexity index is 657. The molecule has 2 amide bonds. The standard InChI is InChI=1S/C18H25N5O/c1-13-8-14(2)10-22(9-13)18(24)21-15(3)16-4-6-17(7-5-16)23-12-19-11-20-23/h4-7,11-15H,8-10H2,1-3H3,(H,21,24). The number of piperidine rings is 1. The Labute approximate surface area is 142 Å². The van der Waals surface area contributed by atoms with Crippen molar-refractivity contribution in [3.8, 4) is 5.69 Å². The second kappa shape index (κ2) is 7.03. The molecule has 6 nitrogen and oxygen atoms in total. The van der Waals surface area contributed by atoms with E-state index >= 15 is 0 Å². The van der Waals surface area contributed by atoms with E-state index in [1.807, 2.05) is 36.1 Å². The molecule has 24 heavy (non-hydrogen) atoms. The van der Waals surface area contributed by atoms with Crippen LogP contribution in [0.3, 0.4) is 0 Å². The zero-order valence-corrected chi connectivity index (χ0v) is 14.5. The first-order valence-electron chi connectivity index (χ1n) is 8.53. The number of nitrogens with one attached hydrogen (secondary N) is 1. The van der Waals surface area contributed by atoms with Crippen LogP contribution in [0, 0.1) is 11.8 Å². The quantitative estimate of drug-likeness (QED) is 0.942. The first-order valence-corrected chi connectivity index (χ1v) is 8.53. The van der Waals surface area contributed by atoms with Crippen LogP contribution in [-0.4, -0.2) is 38.8 Å². The molecule has 0 bridgehead atoms. The lowest BCUT2D eigenvalue weighted by molar-refractivity contribution is 0.144. The summed E-state index contributed by atoms with van der Waals surface area (Å²) in [6, 6.07) is 8.00. The van der Waals surface area contributed by atoms with Gasteiger partial charge in [-0.1, -0.05) is 26.0 Å². The summed E-state index contributed by atoms with van der Waals surface area (Å²) in [5.74, 6) is 1.13. The molecule has 0 saturated carbocycles. The highest BCUT2D eigenvalue weighted by atomic mass is 16.2. The van der Waals surface area contributed by atoms with E-state index in [1.54, 1.807) is 11.0 Å². The maximum absolute atomic E-state index is 12.5. The Morgan fingerprint density at radius 1 is 1.21 bits per heavy atom. The molecule has 6 heteroatoms. The summed E-state index contributed by atoms with van der Waals surface area (Å²) in [5.41, 5.74) is 2.03. The minimum atomic E-state index is -0.0326. The van der Waals surface area contributed by atoms with Gasteiger partial charge in [-0.05, 0) is 42.9 Å². The molecule has 128 valence electrons. The number of likely N-dealkylation sites (tertiary alicyclic amines) is 1. The summed E-state index contributed by atoms with van der Waals surface area (Å²) in [6.45, 7) is 8.12. The predicted molar refractivity (Wildman–Crippen MR) is 92.8 cm³/mol. The maximum atomic E-state index is 12.5. The van der Waals surface area contributed by atoms with Gasteiger partial charge in [0.15, 0.2) is 0 Å². The summed E-state index contributed by atoms with van der Waals surface area (Å²) >= 11 is 0. The van der Waals surface area contributed by atoms with Gasteiger partial charge in [0.05, 0.1) is 11.7 Å². The minimum absolute atomic E-state index is 0.0289. The van der Waals surface area contributed by atoms with Gasteiger partial charge in [-0.2, -0.15) is 5.10 Å². The molecule has 1 saturated heterocycles. The van der Waals surface area contributed by atoms with E-state index < -0.39 is 0 Å². The van der Waals surface area contributed by atoms with Crippen LogP contribution in [0.2, 0.25) is 0 Å². The van der Waals surface area contributed by atoms with Crippen molar-refractivity contribution < 1.29 is 4.79 Å². The van der Waals surface area contributed by atoms with Crippen LogP contribution in [0.1, 0.15) is 38.8 Å². The molecule has 1 aliphatic rings. The van der Waals surface area contributed by atoms with Crippen molar-refractivity contribution in [2.45, 2.75) is 33.2 Å². The van der Waals surface area contributed by atoms with Crippen LogP contribution < -0.4 is 5.32 Å². The van der Waals surface area contributed by atoms with E-state index in [0.29, 0.717) is 11.8 Å². The van der Waals surface area contributed by atoms with Crippen molar-refractivity contribution >= 4 is 6.03 Å². The summed E-state index contributed by atoms with van der Waals surface area (Å²) in [6.07, 6.45) is 4.37. The SMILES string of the molecule is CC1CC(C)CN(C(=O)NC(C)c2ccc(-n3cncn3)cc2)C1. The lowest BCUT2D eigenvalue weighted by Gasteiger charge is -2.35. The van der Waals surface area contributed by atoms with Gasteiger partial charge >= 0.3 is 6.03 Å². The molecule has 0 spiro atoms. The molecule has 3 rings (SSSR count). The Morgan fingerprint density at radius 2 is 1.88 bits per heavy atom. The monoisotopic (exact) mass is 327 g/mol. The Balaban J connectivity index is 1.62. The maximum Gasteiger partial charge on any atom is 0.317 e. The van der Waals surface area contributed by atoms with Crippen molar-refractivity contribution in [3.05, 3.63) is 42.5 Å². The number of hydrogen-bond acceptors (Lipinski definition) is 3. The molecular formula is C18H25N5O. The second-order valence-electron chi connectivity index (χ2n) is 6.95. The fourth-order valence-corrected chi connectivity index (χ4v) is 3.45. The molecule has 0 radical (unpaired) electrons. The van der Waals surface area contributed by atoms with Crippen molar-refractivity contribution in [1.29, 1.82) is 0 Å². The van der Waals surface area contributed by atoms with E-state index in [2.05, 4.69) is 29.2 Å². The summed E-state index contributed by atoms with van der Waals surface area (Å²) < 4.78 is 1.71. The van der Waals surface area contributed by atoms with Gasteiger partial charge < -0.3 is 10.2 Å². The van der Waals surface area contributed by atoms with Crippen LogP contribution >= 0.6 is 0 Å². The number of nitrogens with zero attached hydrogens (tertiary/aromatic N) is 4. The smallest absolute Gasteiger partial charge is 0.317 e. The molecule has 0 aliphatic carbocycles. The third-order valence-electron chi connectivity index (χ3n) is 4.57. The van der Waals surface area contributed by atoms with Gasteiger partial charge in [0.2, 0.25) is 0 Å². The van der Waals surface area contributed by atoms with E-state index in [9.17, 15) is 4.79 Å². The number of carbonyl (C=O) groups is 1. The van der Waals surface area contributed by atoms with Crippen LogP contribution in [-0.2, 0) is 0 Å². The molecule has 1 fully saturated rings. The molecule has 3 atom stereocenters. The average Bonchev–Trinajstić information content (AvgIpc) is 3.08. The Hall–Kier alpha value is -2.37. The molecule has 1 N–H and O–H groups in total. The zero-order valence-electron chi connectivity index (χ0n) is 14.5. The van der Waals surface area contributed by atoms with E-state index in [4.69, 9.17) is 0 Å². The number of rotatable bonds is 3. The van der Waals surface area contributed by atoms with Gasteiger partial charge in [0.1, 0.15) is 12.7 Å². The van der Waals surface area contributed by atoms with Crippen molar-refractivity contribution in [1.82, 2.24) is 25.0 Å². The Kier molecular flexibility index (Phi) is 4.83. The summed E-state index contributed by atoms with van der Waals surface area (Å²) in [4.78, 5) is 18.4. The first-order chi connectivity index (χ1) is 11.5. The number of hydrogen-bond donors (Lipinski definition) is 1. The lowest BCUT2D eigenvalue weighted by Crippen LogP contribution is -2.48. The van der Waals surface area contributed by atoms with Crippen molar-refractivity contribution in [2.75, 3.05) is 13.1 Å². The molecule has 1 aliphatic heterocycles. The molecule has 2 heterocycles. The normalized spacial score (nSPS) is 22.2. The van der Waals surface area contributed by atoms with Gasteiger partial charge in [-0.25, -0.2) is 14.5 Å². The van der Waals surface area contributed by atoms with Gasteiger partial charge in [0.25, 0.3) is 0 Å². The van der Waals surface area contributed by atoms with Crippen LogP contribution in [0.15, 0.2) is 36.9 Å². The number of urea groups is 1. The molecule has 1 aromatic heterocycles. The summed E-state index contributed by atoms with van der Waals surface area (Å²) in [7, 11) is 0. The lowest BCUT2D eigenvalue weighted by atomic mass is 9.92. The fraction of sp³-hybridized carbons (Fsp3) is 0.500. The highest BCUT2D eigenvalue weighted by Crippen LogP contribution is 2.22. The number of aromatic nitrogens is 3. The highest BCUT2D eigenvalue weighted by molar-refractivity contribution is 5.74. The van der Waals surface area contributed by atoms with E-state index in [0.717, 1.165) is 24.3 Å². The van der Waals surface area contributed by atoms with Crippen LogP contribution in [0.4, 0.5) is 4.79 Å². The molecule has 1 aromatic carbocycles. The minimum Gasteiger partial charge on any atom is -0.331 e. The zero-order chi connectivity index (χ0) is 17.1. The number of benzene rings is 1. The van der Waals surface area contributed by atoms with Crippen LogP contribution in [0.5, 0.6) is 0 Å². The van der Waals surface area contributed by atoms with E-state index in [1.165, 1.54) is 12.7 Å². The number of amides is 2. The third kappa shape index (κ3) is 3.75.